The molecule has 0 heterocycles. The summed E-state index contributed by atoms with van der Waals surface area (Å²) in [7, 11) is 0. The van der Waals surface area contributed by atoms with E-state index in [1.54, 1.807) is 26.0 Å². The van der Waals surface area contributed by atoms with E-state index in [-0.39, 0.29) is 28.8 Å². The summed E-state index contributed by atoms with van der Waals surface area (Å²) in [5, 5.41) is 48.5. The van der Waals surface area contributed by atoms with Crippen LogP contribution in [0.15, 0.2) is 28.6 Å². The zero-order chi connectivity index (χ0) is 25.3. The zero-order valence-corrected chi connectivity index (χ0v) is 19.1. The number of hydrogen-bond acceptors (Lipinski definition) is 9. The first-order valence-electron chi connectivity index (χ1n) is 10.6. The summed E-state index contributed by atoms with van der Waals surface area (Å²) in [6.07, 6.45) is -0.0896. The number of aliphatic hydroxyl groups excluding tert-OH is 1. The number of aromatic hydroxyl groups is 2. The van der Waals surface area contributed by atoms with Crippen molar-refractivity contribution in [3.8, 4) is 11.5 Å². The first kappa shape index (κ1) is 23.4. The highest BCUT2D eigenvalue weighted by molar-refractivity contribution is 6.26. The molecule has 0 spiro atoms. The predicted octanol–water partition coefficient (Wildman–Crippen LogP) is 1.19. The lowest BCUT2D eigenvalue weighted by Gasteiger charge is -2.45. The molecule has 34 heavy (non-hydrogen) atoms. The minimum atomic E-state index is -2.63. The van der Waals surface area contributed by atoms with Gasteiger partial charge in [0, 0.05) is 12.8 Å². The maximum absolute atomic E-state index is 13.7. The lowest BCUT2D eigenvalue weighted by Crippen LogP contribution is -2.63. The van der Waals surface area contributed by atoms with Crippen molar-refractivity contribution in [3.05, 3.63) is 45.7 Å². The number of phenolic OH excluding ortho intramolecular Hbond substituents is 2. The van der Waals surface area contributed by atoms with Gasteiger partial charge in [0.25, 0.3) is 0 Å². The Bertz CT molecular complexity index is 1370. The summed E-state index contributed by atoms with van der Waals surface area (Å²) in [6.45, 7) is 5.84. The number of amides is 1. The molecule has 0 saturated carbocycles. The Kier molecular flexibility index (Phi) is 5.26. The summed E-state index contributed by atoms with van der Waals surface area (Å²) in [6, 6.07) is 2.00. The highest BCUT2D eigenvalue weighted by atomic mass is 16.3. The first-order chi connectivity index (χ1) is 15.8. The minimum absolute atomic E-state index is 0.0509. The number of ketones is 2. The number of fused-ring (bicyclic) bond motifs is 3. The molecule has 2 aliphatic carbocycles. The molecule has 0 fully saturated rings. The fraction of sp³-hybridized carbons (Fsp3) is 0.333. The van der Waals surface area contributed by atoms with Crippen LogP contribution in [0.4, 0.5) is 0 Å². The number of nitrogens with two attached hydrogens (primary N) is 1. The van der Waals surface area contributed by atoms with Crippen molar-refractivity contribution < 1.29 is 34.8 Å². The van der Waals surface area contributed by atoms with E-state index in [1.165, 1.54) is 13.8 Å². The normalized spacial score (nSPS) is 24.8. The maximum Gasteiger partial charge on any atom is 0.236 e. The van der Waals surface area contributed by atoms with Gasteiger partial charge in [0.2, 0.25) is 11.7 Å². The lowest BCUT2D eigenvalue weighted by atomic mass is 9.61. The van der Waals surface area contributed by atoms with Gasteiger partial charge in [-0.15, -0.1) is 0 Å². The topological polar surface area (TPSA) is 183 Å². The van der Waals surface area contributed by atoms with E-state index in [2.05, 4.69) is 10.5 Å². The molecule has 2 aromatic carbocycles. The molecule has 4 rings (SSSR count). The van der Waals surface area contributed by atoms with Gasteiger partial charge in [0.15, 0.2) is 11.4 Å². The molecule has 2 aliphatic rings. The summed E-state index contributed by atoms with van der Waals surface area (Å²) in [5.41, 5.74) is 6.22. The van der Waals surface area contributed by atoms with Gasteiger partial charge in [-0.05, 0) is 49.3 Å². The van der Waals surface area contributed by atoms with Crippen molar-refractivity contribution >= 4 is 34.0 Å². The molecule has 0 saturated heterocycles. The number of carbonyl (C=O) groups is 3. The van der Waals surface area contributed by atoms with E-state index in [0.29, 0.717) is 22.1 Å². The number of nitrogens with zero attached hydrogens (tertiary/aromatic N) is 1. The Hall–Kier alpha value is -3.76. The standard InChI is InChI=1S/C24H25N3O7/c1-8-5-6-12-9(2)13-7-14-18(25)21(31)15(10(3)26-27-11(4)28)22(32)24(14,34)23(33)17(13)20(30)16(12)19(8)29/h5-6,14,18,29-30,32,34H,7,25H2,1-4H3,(H,27,28)/b26-10+/t14-,18+,24+/m0/s1. The number of carbonyl (C=O) groups excluding carboxylic acids is 3. The average Bonchev–Trinajstić information content (AvgIpc) is 2.78. The molecule has 0 bridgehead atoms. The van der Waals surface area contributed by atoms with E-state index in [4.69, 9.17) is 5.73 Å². The monoisotopic (exact) mass is 467 g/mol. The van der Waals surface area contributed by atoms with Gasteiger partial charge in [-0.3, -0.25) is 14.4 Å². The highest BCUT2D eigenvalue weighted by Crippen LogP contribution is 2.50. The van der Waals surface area contributed by atoms with Gasteiger partial charge in [-0.1, -0.05) is 12.1 Å². The van der Waals surface area contributed by atoms with Crippen LogP contribution in [-0.2, 0) is 16.0 Å². The van der Waals surface area contributed by atoms with Gasteiger partial charge in [-0.2, -0.15) is 5.10 Å². The van der Waals surface area contributed by atoms with Crippen LogP contribution in [0, 0.1) is 19.8 Å². The molecule has 178 valence electrons. The van der Waals surface area contributed by atoms with E-state index in [9.17, 15) is 34.8 Å². The minimum Gasteiger partial charge on any atom is -0.508 e. The maximum atomic E-state index is 13.7. The van der Waals surface area contributed by atoms with Crippen LogP contribution in [0.1, 0.15) is 40.9 Å². The fourth-order valence-electron chi connectivity index (χ4n) is 4.99. The molecular weight excluding hydrogens is 442 g/mol. The fourth-order valence-corrected chi connectivity index (χ4v) is 4.99. The van der Waals surface area contributed by atoms with Crippen molar-refractivity contribution in [1.29, 1.82) is 0 Å². The molecule has 0 aromatic heterocycles. The number of aliphatic hydroxyl groups is 2. The van der Waals surface area contributed by atoms with Crippen molar-refractivity contribution in [1.82, 2.24) is 5.43 Å². The molecule has 0 radical (unpaired) electrons. The van der Waals surface area contributed by atoms with Crippen LogP contribution in [0.25, 0.3) is 10.8 Å². The largest absolute Gasteiger partial charge is 0.508 e. The summed E-state index contributed by atoms with van der Waals surface area (Å²) >= 11 is 0. The van der Waals surface area contributed by atoms with Crippen molar-refractivity contribution in [2.75, 3.05) is 0 Å². The number of hydrazone groups is 1. The molecule has 10 nitrogen and oxygen atoms in total. The van der Waals surface area contributed by atoms with Crippen LogP contribution in [0.3, 0.4) is 0 Å². The molecule has 0 aliphatic heterocycles. The Morgan fingerprint density at radius 3 is 2.41 bits per heavy atom. The second-order valence-electron chi connectivity index (χ2n) is 8.87. The number of aryl methyl sites for hydroxylation is 2. The SMILES string of the molecule is CC(=O)N/N=C(\C)C1=C(O)[C@@]2(O)C(=O)c3c(c(C)c4ccc(C)c(O)c4c3O)C[C@H]2[C@@H](N)C1=O. The van der Waals surface area contributed by atoms with Crippen LogP contribution >= 0.6 is 0 Å². The van der Waals surface area contributed by atoms with Crippen molar-refractivity contribution in [2.24, 2.45) is 16.8 Å². The molecule has 10 heteroatoms. The van der Waals surface area contributed by atoms with Gasteiger partial charge in [-0.25, -0.2) is 5.43 Å². The number of phenols is 2. The third-order valence-corrected chi connectivity index (χ3v) is 6.87. The Labute approximate surface area is 194 Å². The van der Waals surface area contributed by atoms with E-state index in [0.717, 1.165) is 0 Å². The number of rotatable bonds is 2. The summed E-state index contributed by atoms with van der Waals surface area (Å²) in [4.78, 5) is 38.0. The Balaban J connectivity index is 2.02. The van der Waals surface area contributed by atoms with E-state index >= 15 is 0 Å². The number of nitrogens with one attached hydrogen (secondary N) is 1. The smallest absolute Gasteiger partial charge is 0.236 e. The van der Waals surface area contributed by atoms with Crippen LogP contribution in [-0.4, -0.2) is 55.3 Å². The second-order valence-corrected chi connectivity index (χ2v) is 8.87. The third-order valence-electron chi connectivity index (χ3n) is 6.87. The Morgan fingerprint density at radius 2 is 1.79 bits per heavy atom. The number of hydrogen-bond donors (Lipinski definition) is 6. The van der Waals surface area contributed by atoms with Gasteiger partial charge in [0.05, 0.1) is 28.3 Å². The van der Waals surface area contributed by atoms with Crippen molar-refractivity contribution in [3.63, 3.8) is 0 Å². The average molecular weight is 467 g/mol. The van der Waals surface area contributed by atoms with Crippen LogP contribution in [0.5, 0.6) is 11.5 Å². The summed E-state index contributed by atoms with van der Waals surface area (Å²) < 4.78 is 0. The van der Waals surface area contributed by atoms with Crippen molar-refractivity contribution in [2.45, 2.75) is 45.8 Å². The van der Waals surface area contributed by atoms with Gasteiger partial charge < -0.3 is 26.2 Å². The number of benzene rings is 2. The molecule has 7 N–H and O–H groups in total. The van der Waals surface area contributed by atoms with Crippen LogP contribution < -0.4 is 11.2 Å². The Morgan fingerprint density at radius 1 is 1.15 bits per heavy atom. The highest BCUT2D eigenvalue weighted by Gasteiger charge is 2.60. The molecule has 0 unspecified atom stereocenters. The summed E-state index contributed by atoms with van der Waals surface area (Å²) in [5.74, 6) is -5.23. The third kappa shape index (κ3) is 2.95. The van der Waals surface area contributed by atoms with Gasteiger partial charge in [0.1, 0.15) is 17.3 Å². The van der Waals surface area contributed by atoms with E-state index < -0.39 is 52.1 Å². The first-order valence-corrected chi connectivity index (χ1v) is 10.6. The molecule has 2 aromatic rings. The molecule has 1 amide bonds. The lowest BCUT2D eigenvalue weighted by molar-refractivity contribution is -0.122. The van der Waals surface area contributed by atoms with Crippen LogP contribution in [0.2, 0.25) is 0 Å². The molecule has 3 atom stereocenters. The van der Waals surface area contributed by atoms with Gasteiger partial charge >= 0.3 is 0 Å². The predicted molar refractivity (Wildman–Crippen MR) is 123 cm³/mol. The quantitative estimate of drug-likeness (QED) is 0.281. The molecular formula is C24H25N3O7. The number of Topliss-reactive ketones (excluding diaryl/α,β-unsaturated/α-hetero) is 2. The zero-order valence-electron chi connectivity index (χ0n) is 19.1. The van der Waals surface area contributed by atoms with E-state index in [1.807, 2.05) is 0 Å². The second kappa shape index (κ2) is 7.64.